The van der Waals surface area contributed by atoms with Crippen LogP contribution in [0.15, 0.2) is 53.4 Å². The van der Waals surface area contributed by atoms with Crippen molar-refractivity contribution in [3.05, 3.63) is 59.1 Å². The molecule has 1 aliphatic heterocycles. The van der Waals surface area contributed by atoms with Gasteiger partial charge in [0.25, 0.3) is 0 Å². The van der Waals surface area contributed by atoms with E-state index >= 15 is 0 Å². The highest BCUT2D eigenvalue weighted by molar-refractivity contribution is 8.00. The van der Waals surface area contributed by atoms with Gasteiger partial charge in [-0.05, 0) is 24.3 Å². The molecule has 0 bridgehead atoms. The number of aromatic carboxylic acids is 1. The summed E-state index contributed by atoms with van der Waals surface area (Å²) < 4.78 is 0. The van der Waals surface area contributed by atoms with Gasteiger partial charge in [-0.25, -0.2) is 9.69 Å². The summed E-state index contributed by atoms with van der Waals surface area (Å²) in [5, 5.41) is 8.87. The molecule has 0 aromatic heterocycles. The second-order valence-corrected chi connectivity index (χ2v) is 6.78. The Morgan fingerprint density at radius 1 is 1.12 bits per heavy atom. The van der Waals surface area contributed by atoms with Crippen LogP contribution in [0.2, 0.25) is 5.02 Å². The predicted octanol–water partition coefficient (Wildman–Crippen LogP) is 3.46. The Labute approximate surface area is 147 Å². The first-order valence-corrected chi connectivity index (χ1v) is 8.35. The van der Waals surface area contributed by atoms with Gasteiger partial charge in [0.15, 0.2) is 0 Å². The van der Waals surface area contributed by atoms with Gasteiger partial charge in [0.05, 0.1) is 21.5 Å². The van der Waals surface area contributed by atoms with Gasteiger partial charge in [-0.2, -0.15) is 0 Å². The molecule has 0 radical (unpaired) electrons. The average Bonchev–Trinajstić information content (AvgIpc) is 2.82. The lowest BCUT2D eigenvalue weighted by molar-refractivity contribution is -0.121. The first-order valence-electron chi connectivity index (χ1n) is 7.09. The van der Waals surface area contributed by atoms with Gasteiger partial charge in [-0.1, -0.05) is 35.9 Å². The second-order valence-electron chi connectivity index (χ2n) is 5.13. The van der Waals surface area contributed by atoms with E-state index in [2.05, 4.69) is 0 Å². The molecular weight excluding hydrogens is 350 g/mol. The van der Waals surface area contributed by atoms with E-state index in [1.807, 2.05) is 0 Å². The second kappa shape index (κ2) is 6.67. The van der Waals surface area contributed by atoms with Crippen molar-refractivity contribution >= 4 is 46.8 Å². The first-order chi connectivity index (χ1) is 11.5. The minimum absolute atomic E-state index is 0.00266. The molecular formula is C17H12ClNO4S. The lowest BCUT2D eigenvalue weighted by Crippen LogP contribution is -2.31. The maximum atomic E-state index is 12.6. The van der Waals surface area contributed by atoms with Crippen molar-refractivity contribution in [2.45, 2.75) is 16.6 Å². The summed E-state index contributed by atoms with van der Waals surface area (Å²) in [6, 6.07) is 13.0. The van der Waals surface area contributed by atoms with Crippen LogP contribution < -0.4 is 4.90 Å². The molecule has 2 aromatic carbocycles. The van der Waals surface area contributed by atoms with Crippen LogP contribution in [-0.2, 0) is 9.59 Å². The smallest absolute Gasteiger partial charge is 0.336 e. The van der Waals surface area contributed by atoms with Crippen LogP contribution in [0.5, 0.6) is 0 Å². The van der Waals surface area contributed by atoms with E-state index in [-0.39, 0.29) is 17.9 Å². The summed E-state index contributed by atoms with van der Waals surface area (Å²) in [6.45, 7) is 0. The van der Waals surface area contributed by atoms with E-state index < -0.39 is 17.1 Å². The monoisotopic (exact) mass is 361 g/mol. The van der Waals surface area contributed by atoms with E-state index in [1.54, 1.807) is 42.5 Å². The van der Waals surface area contributed by atoms with E-state index in [4.69, 9.17) is 11.6 Å². The Balaban J connectivity index is 1.88. The van der Waals surface area contributed by atoms with Gasteiger partial charge >= 0.3 is 5.97 Å². The number of thioether (sulfide) groups is 1. The highest BCUT2D eigenvalue weighted by Crippen LogP contribution is 2.37. The number of hydrogen-bond acceptors (Lipinski definition) is 4. The number of amides is 2. The molecule has 1 heterocycles. The Hall–Kier alpha value is -2.31. The number of para-hydroxylation sites is 1. The van der Waals surface area contributed by atoms with Crippen molar-refractivity contribution in [3.8, 4) is 0 Å². The summed E-state index contributed by atoms with van der Waals surface area (Å²) >= 11 is 7.17. The number of halogens is 1. The quantitative estimate of drug-likeness (QED) is 0.844. The standard InChI is InChI=1S/C17H12ClNO4S/c18-11-6-2-3-7-12(11)19-15(20)9-14(16(19)21)24-13-8-4-1-5-10(13)17(22)23/h1-8,14H,9H2,(H,22,23). The molecule has 1 saturated heterocycles. The number of carboxylic acids is 1. The van der Waals surface area contributed by atoms with Crippen LogP contribution >= 0.6 is 23.4 Å². The summed E-state index contributed by atoms with van der Waals surface area (Å²) in [5.74, 6) is -1.81. The zero-order valence-electron chi connectivity index (χ0n) is 12.3. The predicted molar refractivity (Wildman–Crippen MR) is 91.6 cm³/mol. The third-order valence-electron chi connectivity index (χ3n) is 3.59. The molecule has 0 aliphatic carbocycles. The number of hydrogen-bond donors (Lipinski definition) is 1. The summed E-state index contributed by atoms with van der Waals surface area (Å²) in [6.07, 6.45) is 0.00266. The minimum Gasteiger partial charge on any atom is -0.478 e. The number of anilines is 1. The Morgan fingerprint density at radius 2 is 1.79 bits per heavy atom. The van der Waals surface area contributed by atoms with Crippen molar-refractivity contribution in [3.63, 3.8) is 0 Å². The van der Waals surface area contributed by atoms with E-state index in [1.165, 1.54) is 6.07 Å². The Morgan fingerprint density at radius 3 is 2.50 bits per heavy atom. The number of carboxylic acid groups (broad SMARTS) is 1. The lowest BCUT2D eigenvalue weighted by Gasteiger charge is -2.16. The number of carbonyl (C=O) groups is 3. The van der Waals surface area contributed by atoms with Crippen LogP contribution in [0.25, 0.3) is 0 Å². The summed E-state index contributed by atoms with van der Waals surface area (Å²) in [4.78, 5) is 37.7. The highest BCUT2D eigenvalue weighted by Gasteiger charge is 2.41. The third kappa shape index (κ3) is 3.02. The Bertz CT molecular complexity index is 839. The van der Waals surface area contributed by atoms with Gasteiger partial charge in [0.1, 0.15) is 0 Å². The zero-order chi connectivity index (χ0) is 17.3. The molecule has 1 N–H and O–H groups in total. The SMILES string of the molecule is O=C(O)c1ccccc1SC1CC(=O)N(c2ccccc2Cl)C1=O. The number of nitrogens with zero attached hydrogens (tertiary/aromatic N) is 1. The molecule has 2 amide bonds. The molecule has 24 heavy (non-hydrogen) atoms. The molecule has 2 aromatic rings. The minimum atomic E-state index is -1.07. The number of carbonyl (C=O) groups excluding carboxylic acids is 2. The molecule has 0 saturated carbocycles. The topological polar surface area (TPSA) is 74.7 Å². The first kappa shape index (κ1) is 16.5. The molecule has 1 aliphatic rings. The number of imide groups is 1. The third-order valence-corrected chi connectivity index (χ3v) is 5.17. The summed E-state index contributed by atoms with van der Waals surface area (Å²) in [5.41, 5.74) is 0.461. The maximum absolute atomic E-state index is 12.6. The van der Waals surface area contributed by atoms with E-state index in [0.29, 0.717) is 15.6 Å². The Kier molecular flexibility index (Phi) is 4.59. The van der Waals surface area contributed by atoms with Crippen LogP contribution in [0.1, 0.15) is 16.8 Å². The van der Waals surface area contributed by atoms with Gasteiger partial charge in [-0.3, -0.25) is 9.59 Å². The molecule has 1 unspecified atom stereocenters. The van der Waals surface area contributed by atoms with Gasteiger partial charge in [-0.15, -0.1) is 11.8 Å². The number of benzene rings is 2. The average molecular weight is 362 g/mol. The number of rotatable bonds is 4. The fourth-order valence-electron chi connectivity index (χ4n) is 2.48. The van der Waals surface area contributed by atoms with Gasteiger partial charge < -0.3 is 5.11 Å². The maximum Gasteiger partial charge on any atom is 0.336 e. The largest absolute Gasteiger partial charge is 0.478 e. The lowest BCUT2D eigenvalue weighted by atomic mass is 10.2. The van der Waals surface area contributed by atoms with Crippen LogP contribution in [-0.4, -0.2) is 28.1 Å². The molecule has 7 heteroatoms. The van der Waals surface area contributed by atoms with E-state index in [0.717, 1.165) is 16.7 Å². The zero-order valence-corrected chi connectivity index (χ0v) is 13.9. The molecule has 1 atom stereocenters. The van der Waals surface area contributed by atoms with Gasteiger partial charge in [0, 0.05) is 11.3 Å². The van der Waals surface area contributed by atoms with Crippen molar-refractivity contribution < 1.29 is 19.5 Å². The molecule has 3 rings (SSSR count). The van der Waals surface area contributed by atoms with Crippen molar-refractivity contribution in [1.29, 1.82) is 0 Å². The molecule has 0 spiro atoms. The van der Waals surface area contributed by atoms with Crippen molar-refractivity contribution in [1.82, 2.24) is 0 Å². The van der Waals surface area contributed by atoms with Gasteiger partial charge in [0.2, 0.25) is 11.8 Å². The summed E-state index contributed by atoms with van der Waals surface area (Å²) in [7, 11) is 0. The molecule has 1 fully saturated rings. The van der Waals surface area contributed by atoms with Crippen LogP contribution in [0.4, 0.5) is 5.69 Å². The fraction of sp³-hybridized carbons (Fsp3) is 0.118. The molecule has 5 nitrogen and oxygen atoms in total. The van der Waals surface area contributed by atoms with E-state index in [9.17, 15) is 19.5 Å². The van der Waals surface area contributed by atoms with Crippen molar-refractivity contribution in [2.24, 2.45) is 0 Å². The normalized spacial score (nSPS) is 17.4. The van der Waals surface area contributed by atoms with Crippen molar-refractivity contribution in [2.75, 3.05) is 4.90 Å². The fourth-order valence-corrected chi connectivity index (χ4v) is 3.88. The molecule has 122 valence electrons. The van der Waals surface area contributed by atoms with Crippen LogP contribution in [0, 0.1) is 0 Å². The highest BCUT2D eigenvalue weighted by atomic mass is 35.5. The van der Waals surface area contributed by atoms with Crippen LogP contribution in [0.3, 0.4) is 0 Å².